The van der Waals surface area contributed by atoms with E-state index in [4.69, 9.17) is 25.3 Å². The van der Waals surface area contributed by atoms with Gasteiger partial charge in [-0.25, -0.2) is 4.98 Å². The van der Waals surface area contributed by atoms with Gasteiger partial charge in [-0.15, -0.1) is 0 Å². The molecule has 5 rings (SSSR count). The number of piperidine rings is 1. The number of nitrogens with one attached hydrogen (secondary N) is 3. The molecule has 162 valence electrons. The number of furan rings is 1. The van der Waals surface area contributed by atoms with Gasteiger partial charge in [0.1, 0.15) is 5.52 Å². The molecule has 0 saturated carbocycles. The maximum Gasteiger partial charge on any atom is 0.229 e. The van der Waals surface area contributed by atoms with Crippen molar-refractivity contribution in [1.82, 2.24) is 15.3 Å². The first-order valence-electron chi connectivity index (χ1n) is 10.7. The van der Waals surface area contributed by atoms with Crippen LogP contribution in [0.5, 0.6) is 0 Å². The Labute approximate surface area is 180 Å². The Bertz CT molecular complexity index is 1070. The molecule has 0 aliphatic carbocycles. The van der Waals surface area contributed by atoms with Gasteiger partial charge in [0.2, 0.25) is 5.95 Å². The number of nitrogen functional groups attached to an aromatic ring is 1. The van der Waals surface area contributed by atoms with E-state index in [1.54, 1.807) is 18.4 Å². The first-order valence-corrected chi connectivity index (χ1v) is 10.7. The third-order valence-electron chi connectivity index (χ3n) is 6.03. The summed E-state index contributed by atoms with van der Waals surface area (Å²) in [6.07, 6.45) is 5.11. The van der Waals surface area contributed by atoms with Crippen molar-refractivity contribution in [1.29, 1.82) is 5.41 Å². The minimum absolute atomic E-state index is 0.500. The summed E-state index contributed by atoms with van der Waals surface area (Å²) in [6, 6.07) is 7.84. The van der Waals surface area contributed by atoms with Gasteiger partial charge in [-0.05, 0) is 43.5 Å². The summed E-state index contributed by atoms with van der Waals surface area (Å²) in [5.74, 6) is 1.98. The molecule has 2 aromatic heterocycles. The van der Waals surface area contributed by atoms with E-state index in [0.717, 1.165) is 62.7 Å². The number of nitrogens with two attached hydrogens (primary N) is 1. The van der Waals surface area contributed by atoms with E-state index < -0.39 is 0 Å². The molecular formula is C22H27N7O2. The number of fused-ring (bicyclic) bond motifs is 1. The Morgan fingerprint density at radius 3 is 2.74 bits per heavy atom. The van der Waals surface area contributed by atoms with Crippen LogP contribution in [0.15, 0.2) is 34.9 Å². The number of hydrogen-bond donors (Lipinski definition) is 4. The fraction of sp³-hybridized carbons (Fsp3) is 0.409. The smallest absolute Gasteiger partial charge is 0.229 e. The molecule has 2 fully saturated rings. The predicted octanol–water partition coefficient (Wildman–Crippen LogP) is 2.75. The number of ether oxygens (including phenoxy) is 1. The predicted molar refractivity (Wildman–Crippen MR) is 121 cm³/mol. The third kappa shape index (κ3) is 4.19. The zero-order valence-electron chi connectivity index (χ0n) is 17.3. The Kier molecular flexibility index (Phi) is 5.44. The van der Waals surface area contributed by atoms with E-state index in [1.165, 1.54) is 6.21 Å². The molecule has 4 heterocycles. The molecule has 2 aliphatic rings. The molecule has 2 aliphatic heterocycles. The standard InChI is InChI=1S/C22H27N7O2/c23-10-15-1-2-16(9-18(15)24)26-22-27-19-5-8-31-20(19)21(28-22)29-6-3-14(4-7-29)11-25-17-12-30-13-17/h1-2,5,8-10,14,17,23,25H,3-4,6-7,11-13,24H2,(H,26,27,28). The molecule has 0 amide bonds. The van der Waals surface area contributed by atoms with Crippen molar-refractivity contribution in [3.05, 3.63) is 36.1 Å². The highest BCUT2D eigenvalue weighted by Crippen LogP contribution is 2.31. The molecule has 0 spiro atoms. The van der Waals surface area contributed by atoms with Crippen LogP contribution >= 0.6 is 0 Å². The Morgan fingerprint density at radius 1 is 1.19 bits per heavy atom. The van der Waals surface area contributed by atoms with E-state index >= 15 is 0 Å². The lowest BCUT2D eigenvalue weighted by Gasteiger charge is -2.35. The van der Waals surface area contributed by atoms with Crippen molar-refractivity contribution >= 4 is 40.5 Å². The summed E-state index contributed by atoms with van der Waals surface area (Å²) < 4.78 is 11.0. The molecule has 1 aromatic carbocycles. The molecule has 0 unspecified atom stereocenters. The number of hydrogen-bond acceptors (Lipinski definition) is 9. The molecule has 31 heavy (non-hydrogen) atoms. The molecule has 0 radical (unpaired) electrons. The van der Waals surface area contributed by atoms with Crippen molar-refractivity contribution in [2.45, 2.75) is 18.9 Å². The fourth-order valence-electron chi connectivity index (χ4n) is 4.07. The molecule has 5 N–H and O–H groups in total. The summed E-state index contributed by atoms with van der Waals surface area (Å²) in [5.41, 5.74) is 9.49. The Hall–Kier alpha value is -3.17. The lowest BCUT2D eigenvalue weighted by Crippen LogP contribution is -2.48. The van der Waals surface area contributed by atoms with Gasteiger partial charge >= 0.3 is 0 Å². The van der Waals surface area contributed by atoms with Crippen LogP contribution in [0.1, 0.15) is 18.4 Å². The van der Waals surface area contributed by atoms with Gasteiger partial charge in [0.05, 0.1) is 25.5 Å². The lowest BCUT2D eigenvalue weighted by atomic mass is 9.96. The number of aromatic nitrogens is 2. The highest BCUT2D eigenvalue weighted by molar-refractivity contribution is 5.87. The zero-order valence-corrected chi connectivity index (χ0v) is 17.3. The normalized spacial score (nSPS) is 17.6. The van der Waals surface area contributed by atoms with E-state index in [-0.39, 0.29) is 0 Å². The fourth-order valence-corrected chi connectivity index (χ4v) is 4.07. The molecule has 3 aromatic rings. The van der Waals surface area contributed by atoms with Gasteiger partial charge in [0, 0.05) is 42.3 Å². The van der Waals surface area contributed by atoms with Crippen molar-refractivity contribution in [3.63, 3.8) is 0 Å². The van der Waals surface area contributed by atoms with Gasteiger partial charge in [-0.1, -0.05) is 0 Å². The SMILES string of the molecule is N=Cc1ccc(Nc2nc(N3CCC(CNC4COC4)CC3)c3occc3n2)cc1N. The highest BCUT2D eigenvalue weighted by atomic mass is 16.5. The largest absolute Gasteiger partial charge is 0.459 e. The number of anilines is 4. The number of nitrogens with zero attached hydrogens (tertiary/aromatic N) is 3. The molecular weight excluding hydrogens is 394 g/mol. The van der Waals surface area contributed by atoms with E-state index in [0.29, 0.717) is 34.7 Å². The number of benzene rings is 1. The van der Waals surface area contributed by atoms with Crippen molar-refractivity contribution < 1.29 is 9.15 Å². The summed E-state index contributed by atoms with van der Waals surface area (Å²) in [4.78, 5) is 11.7. The van der Waals surface area contributed by atoms with Crippen LogP contribution in [-0.4, -0.2) is 55.1 Å². The summed E-state index contributed by atoms with van der Waals surface area (Å²) in [5, 5.41) is 14.2. The summed E-state index contributed by atoms with van der Waals surface area (Å²) in [6.45, 7) is 4.58. The lowest BCUT2D eigenvalue weighted by molar-refractivity contribution is -0.00682. The van der Waals surface area contributed by atoms with Gasteiger partial charge < -0.3 is 35.8 Å². The van der Waals surface area contributed by atoms with Crippen molar-refractivity contribution in [2.24, 2.45) is 5.92 Å². The molecule has 9 nitrogen and oxygen atoms in total. The third-order valence-corrected chi connectivity index (χ3v) is 6.03. The topological polar surface area (TPSA) is 125 Å². The van der Waals surface area contributed by atoms with Crippen LogP contribution in [0.4, 0.5) is 23.1 Å². The van der Waals surface area contributed by atoms with Crippen LogP contribution in [0.2, 0.25) is 0 Å². The molecule has 0 atom stereocenters. The monoisotopic (exact) mass is 421 g/mol. The minimum Gasteiger partial charge on any atom is -0.459 e. The zero-order chi connectivity index (χ0) is 21.2. The van der Waals surface area contributed by atoms with Gasteiger partial charge in [-0.2, -0.15) is 4.98 Å². The van der Waals surface area contributed by atoms with Gasteiger partial charge in [0.15, 0.2) is 11.4 Å². The minimum atomic E-state index is 0.500. The maximum atomic E-state index is 7.39. The van der Waals surface area contributed by atoms with E-state index in [1.807, 2.05) is 12.1 Å². The Morgan fingerprint density at radius 2 is 2.03 bits per heavy atom. The van der Waals surface area contributed by atoms with Crippen LogP contribution in [-0.2, 0) is 4.74 Å². The van der Waals surface area contributed by atoms with Gasteiger partial charge in [-0.3, -0.25) is 0 Å². The second kappa shape index (κ2) is 8.52. The first-order chi connectivity index (χ1) is 15.2. The average molecular weight is 422 g/mol. The quantitative estimate of drug-likeness (QED) is 0.339. The van der Waals surface area contributed by atoms with E-state index in [9.17, 15) is 0 Å². The average Bonchev–Trinajstić information content (AvgIpc) is 3.21. The van der Waals surface area contributed by atoms with Crippen LogP contribution in [0.25, 0.3) is 11.1 Å². The number of rotatable bonds is 7. The van der Waals surface area contributed by atoms with Crippen molar-refractivity contribution in [3.8, 4) is 0 Å². The maximum absolute atomic E-state index is 7.39. The Balaban J connectivity index is 1.31. The van der Waals surface area contributed by atoms with Crippen molar-refractivity contribution in [2.75, 3.05) is 48.8 Å². The van der Waals surface area contributed by atoms with Crippen LogP contribution < -0.4 is 21.3 Å². The molecule has 9 heteroatoms. The van der Waals surface area contributed by atoms with E-state index in [2.05, 4.69) is 20.5 Å². The summed E-state index contributed by atoms with van der Waals surface area (Å²) in [7, 11) is 0. The van der Waals surface area contributed by atoms with Gasteiger partial charge in [0.25, 0.3) is 0 Å². The second-order valence-corrected chi connectivity index (χ2v) is 8.19. The highest BCUT2D eigenvalue weighted by Gasteiger charge is 2.25. The molecule has 2 saturated heterocycles. The van der Waals surface area contributed by atoms with Crippen LogP contribution in [0, 0.1) is 11.3 Å². The summed E-state index contributed by atoms with van der Waals surface area (Å²) >= 11 is 0. The molecule has 0 bridgehead atoms. The second-order valence-electron chi connectivity index (χ2n) is 8.19. The first kappa shape index (κ1) is 19.8. The van der Waals surface area contributed by atoms with Crippen LogP contribution in [0.3, 0.4) is 0 Å².